The number of halogens is 3. The number of aromatic nitrogens is 1. The van der Waals surface area contributed by atoms with Gasteiger partial charge in [-0.15, -0.1) is 0 Å². The van der Waals surface area contributed by atoms with E-state index >= 15 is 0 Å². The molecule has 0 unspecified atom stereocenters. The lowest BCUT2D eigenvalue weighted by Crippen LogP contribution is -2.24. The Balaban J connectivity index is 1.50. The molecule has 1 N–H and O–H groups in total. The molecule has 0 fully saturated rings. The quantitative estimate of drug-likeness (QED) is 0.109. The molecule has 11 nitrogen and oxygen atoms in total. The van der Waals surface area contributed by atoms with Crippen molar-refractivity contribution in [3.05, 3.63) is 100 Å². The minimum absolute atomic E-state index is 0.00492. The third kappa shape index (κ3) is 10.1. The molecule has 4 aromatic rings. The number of esters is 2. The lowest BCUT2D eigenvalue weighted by atomic mass is 10.0. The number of methoxy groups -OCH3 is 2. The molecular formula is C39H40F3N3O8. The van der Waals surface area contributed by atoms with Gasteiger partial charge in [0.1, 0.15) is 0 Å². The molecule has 0 bridgehead atoms. The summed E-state index contributed by atoms with van der Waals surface area (Å²) in [7, 11) is 5.84. The average molecular weight is 736 g/mol. The van der Waals surface area contributed by atoms with Crippen molar-refractivity contribution in [1.82, 2.24) is 9.88 Å². The molecule has 0 atom stereocenters. The molecule has 1 heterocycles. The van der Waals surface area contributed by atoms with E-state index in [4.69, 9.17) is 18.9 Å². The number of alkyl halides is 3. The van der Waals surface area contributed by atoms with Crippen LogP contribution in [0.3, 0.4) is 0 Å². The van der Waals surface area contributed by atoms with Gasteiger partial charge < -0.3 is 29.2 Å². The second kappa shape index (κ2) is 17.1. The van der Waals surface area contributed by atoms with E-state index in [0.29, 0.717) is 29.7 Å². The smallest absolute Gasteiger partial charge is 0.416 e. The zero-order valence-electron chi connectivity index (χ0n) is 30.3. The highest BCUT2D eigenvalue weighted by Gasteiger charge is 2.30. The molecule has 53 heavy (non-hydrogen) atoms. The highest BCUT2D eigenvalue weighted by molar-refractivity contribution is 6.11. The summed E-state index contributed by atoms with van der Waals surface area (Å²) < 4.78 is 61.0. The second-order valence-corrected chi connectivity index (χ2v) is 12.4. The van der Waals surface area contributed by atoms with Crippen LogP contribution in [-0.2, 0) is 22.1 Å². The summed E-state index contributed by atoms with van der Waals surface area (Å²) in [6.07, 6.45) is -4.20. The number of amides is 2. The number of hydrogen-bond acceptors (Lipinski definition) is 9. The number of aryl methyl sites for hydroxylation is 2. The molecule has 0 saturated carbocycles. The molecule has 0 saturated heterocycles. The Kier molecular flexibility index (Phi) is 12.8. The fourth-order valence-corrected chi connectivity index (χ4v) is 5.22. The molecule has 0 spiro atoms. The van der Waals surface area contributed by atoms with E-state index in [1.54, 1.807) is 59.1 Å². The number of anilines is 1. The summed E-state index contributed by atoms with van der Waals surface area (Å²) in [6, 6.07) is 15.2. The summed E-state index contributed by atoms with van der Waals surface area (Å²) in [5.41, 5.74) is 1.55. The second-order valence-electron chi connectivity index (χ2n) is 12.4. The van der Waals surface area contributed by atoms with Crippen molar-refractivity contribution in [2.75, 3.05) is 33.6 Å². The number of pyridine rings is 1. The van der Waals surface area contributed by atoms with Crippen LogP contribution in [0, 0.1) is 6.92 Å². The van der Waals surface area contributed by atoms with Crippen molar-refractivity contribution < 1.29 is 51.3 Å². The molecule has 14 heteroatoms. The normalized spacial score (nSPS) is 11.2. The molecule has 2 amide bonds. The highest BCUT2D eigenvalue weighted by Crippen LogP contribution is 2.39. The first-order valence-corrected chi connectivity index (χ1v) is 16.5. The van der Waals surface area contributed by atoms with E-state index in [2.05, 4.69) is 10.3 Å². The first kappa shape index (κ1) is 39.9. The van der Waals surface area contributed by atoms with Gasteiger partial charge in [-0.2, -0.15) is 13.2 Å². The predicted octanol–water partition coefficient (Wildman–Crippen LogP) is 7.54. The summed E-state index contributed by atoms with van der Waals surface area (Å²) in [5.74, 6) is -2.00. The number of benzene rings is 3. The van der Waals surface area contributed by atoms with Gasteiger partial charge in [0.2, 0.25) is 5.75 Å². The number of carbonyl (C=O) groups is 4. The standard InChI is InChI=1S/C39H40F3N3O8/c1-22(2)52-38(49)26-20-31(50-6)35(32(21-26)51-7)53-33(46)10-8-9-24-12-18-30(29(19-24)37(48)45(4)5)44-36(47)28-17-11-23(3)43-34(28)25-13-15-27(16-14-25)39(40,41)42/h11-22H,8-10H2,1-7H3,(H,44,47). The van der Waals surface area contributed by atoms with Gasteiger partial charge in [0, 0.05) is 31.8 Å². The Morgan fingerprint density at radius 3 is 2.08 bits per heavy atom. The highest BCUT2D eigenvalue weighted by atomic mass is 19.4. The van der Waals surface area contributed by atoms with Crippen molar-refractivity contribution in [2.45, 2.75) is 52.3 Å². The largest absolute Gasteiger partial charge is 0.493 e. The fraction of sp³-hybridized carbons (Fsp3) is 0.308. The molecule has 280 valence electrons. The van der Waals surface area contributed by atoms with Crippen LogP contribution in [0.25, 0.3) is 11.3 Å². The number of nitrogens with one attached hydrogen (secondary N) is 1. The third-order valence-electron chi connectivity index (χ3n) is 7.83. The monoisotopic (exact) mass is 735 g/mol. The lowest BCUT2D eigenvalue weighted by Gasteiger charge is -2.17. The molecular weight excluding hydrogens is 695 g/mol. The lowest BCUT2D eigenvalue weighted by molar-refractivity contribution is -0.137. The SMILES string of the molecule is COc1cc(C(=O)OC(C)C)cc(OC)c1OC(=O)CCCc1ccc(NC(=O)c2ccc(C)nc2-c2ccc(C(F)(F)F)cc2)c(C(=O)N(C)C)c1. The van der Waals surface area contributed by atoms with E-state index in [1.165, 1.54) is 49.5 Å². The number of nitrogens with zero attached hydrogens (tertiary/aromatic N) is 2. The fourth-order valence-electron chi connectivity index (χ4n) is 5.22. The minimum atomic E-state index is -4.52. The van der Waals surface area contributed by atoms with E-state index < -0.39 is 35.5 Å². The number of ether oxygens (including phenoxy) is 4. The minimum Gasteiger partial charge on any atom is -0.493 e. The van der Waals surface area contributed by atoms with Crippen LogP contribution in [0.5, 0.6) is 17.2 Å². The Morgan fingerprint density at radius 1 is 0.868 bits per heavy atom. The van der Waals surface area contributed by atoms with Gasteiger partial charge in [-0.05, 0) is 87.7 Å². The maximum Gasteiger partial charge on any atom is 0.416 e. The maximum absolute atomic E-state index is 13.6. The molecule has 4 rings (SSSR count). The van der Waals surface area contributed by atoms with Gasteiger partial charge in [-0.25, -0.2) is 4.79 Å². The Bertz CT molecular complexity index is 1970. The van der Waals surface area contributed by atoms with Crippen LogP contribution in [-0.4, -0.2) is 68.1 Å². The summed E-state index contributed by atoms with van der Waals surface area (Å²) in [5, 5.41) is 2.77. The summed E-state index contributed by atoms with van der Waals surface area (Å²) in [4.78, 5) is 58.0. The average Bonchev–Trinajstić information content (AvgIpc) is 3.11. The maximum atomic E-state index is 13.6. The molecule has 0 aliphatic heterocycles. The van der Waals surface area contributed by atoms with E-state index in [-0.39, 0.29) is 57.8 Å². The Labute approximate surface area is 305 Å². The van der Waals surface area contributed by atoms with Gasteiger partial charge in [0.05, 0.1) is 54.0 Å². The van der Waals surface area contributed by atoms with Crippen LogP contribution in [0.15, 0.2) is 66.7 Å². The number of rotatable bonds is 13. The first-order chi connectivity index (χ1) is 25.0. The van der Waals surface area contributed by atoms with Crippen molar-refractivity contribution >= 4 is 29.4 Å². The molecule has 3 aromatic carbocycles. The van der Waals surface area contributed by atoms with Crippen LogP contribution < -0.4 is 19.5 Å². The van der Waals surface area contributed by atoms with Crippen LogP contribution in [0.1, 0.15) is 74.6 Å². The zero-order valence-corrected chi connectivity index (χ0v) is 30.3. The molecule has 0 aliphatic carbocycles. The number of hydrogen-bond donors (Lipinski definition) is 1. The van der Waals surface area contributed by atoms with E-state index in [1.807, 2.05) is 0 Å². The Morgan fingerprint density at radius 2 is 1.51 bits per heavy atom. The van der Waals surface area contributed by atoms with Gasteiger partial charge in [-0.1, -0.05) is 18.2 Å². The van der Waals surface area contributed by atoms with Crippen molar-refractivity contribution in [2.24, 2.45) is 0 Å². The molecule has 0 radical (unpaired) electrons. The zero-order chi connectivity index (χ0) is 39.0. The van der Waals surface area contributed by atoms with Crippen molar-refractivity contribution in [3.63, 3.8) is 0 Å². The molecule has 0 aliphatic rings. The van der Waals surface area contributed by atoms with E-state index in [0.717, 1.165) is 12.1 Å². The topological polar surface area (TPSA) is 133 Å². The molecule has 1 aromatic heterocycles. The Hall–Kier alpha value is -5.92. The van der Waals surface area contributed by atoms with Gasteiger partial charge in [0.15, 0.2) is 11.5 Å². The summed E-state index contributed by atoms with van der Waals surface area (Å²) >= 11 is 0. The van der Waals surface area contributed by atoms with E-state index in [9.17, 15) is 32.3 Å². The van der Waals surface area contributed by atoms with Gasteiger partial charge >= 0.3 is 18.1 Å². The third-order valence-corrected chi connectivity index (χ3v) is 7.83. The van der Waals surface area contributed by atoms with Crippen molar-refractivity contribution in [3.8, 4) is 28.5 Å². The predicted molar refractivity (Wildman–Crippen MR) is 190 cm³/mol. The number of carbonyl (C=O) groups excluding carboxylic acids is 4. The van der Waals surface area contributed by atoms with Crippen molar-refractivity contribution in [1.29, 1.82) is 0 Å². The van der Waals surface area contributed by atoms with Gasteiger partial charge in [-0.3, -0.25) is 19.4 Å². The summed E-state index contributed by atoms with van der Waals surface area (Å²) in [6.45, 7) is 5.12. The van der Waals surface area contributed by atoms with Crippen LogP contribution in [0.2, 0.25) is 0 Å². The van der Waals surface area contributed by atoms with Crippen LogP contribution in [0.4, 0.5) is 18.9 Å². The van der Waals surface area contributed by atoms with Gasteiger partial charge in [0.25, 0.3) is 11.8 Å². The van der Waals surface area contributed by atoms with Crippen LogP contribution >= 0.6 is 0 Å². The first-order valence-electron chi connectivity index (χ1n) is 16.5.